The molecule has 2 aromatic rings. The maximum absolute atomic E-state index is 13.4. The van der Waals surface area contributed by atoms with E-state index < -0.39 is 0 Å². The van der Waals surface area contributed by atoms with Gasteiger partial charge in [-0.2, -0.15) is 5.10 Å². The first-order valence-electron chi connectivity index (χ1n) is 6.11. The number of hydrogen-bond donors (Lipinski definition) is 3. The van der Waals surface area contributed by atoms with Crippen LogP contribution in [-0.2, 0) is 6.42 Å². The molecule has 1 aromatic heterocycles. The lowest BCUT2D eigenvalue weighted by atomic mass is 9.93. The summed E-state index contributed by atoms with van der Waals surface area (Å²) in [6.45, 7) is 0. The van der Waals surface area contributed by atoms with Crippen molar-refractivity contribution in [3.05, 3.63) is 35.3 Å². The molecule has 0 saturated heterocycles. The summed E-state index contributed by atoms with van der Waals surface area (Å²) < 4.78 is 13.4. The van der Waals surface area contributed by atoms with Crippen molar-refractivity contribution in [2.45, 2.75) is 19.3 Å². The van der Waals surface area contributed by atoms with Gasteiger partial charge < -0.3 is 16.5 Å². The highest BCUT2D eigenvalue weighted by Crippen LogP contribution is 2.30. The monoisotopic (exact) mass is 259 g/mol. The third-order valence-corrected chi connectivity index (χ3v) is 3.25. The molecule has 0 amide bonds. The summed E-state index contributed by atoms with van der Waals surface area (Å²) in [6.07, 6.45) is 2.68. The van der Waals surface area contributed by atoms with Gasteiger partial charge >= 0.3 is 0 Å². The minimum atomic E-state index is -0.263. The SMILES string of the molecule is NC(N)=NN=C1CCCc2[nH]c3ccc(F)cc3c21. The molecule has 0 aliphatic heterocycles. The van der Waals surface area contributed by atoms with Gasteiger partial charge in [-0.1, -0.05) is 0 Å². The van der Waals surface area contributed by atoms with Crippen LogP contribution in [0.5, 0.6) is 0 Å². The molecular weight excluding hydrogens is 245 g/mol. The molecule has 3 rings (SSSR count). The number of nitrogens with zero attached hydrogens (tertiary/aromatic N) is 2. The van der Waals surface area contributed by atoms with Gasteiger partial charge in [0.2, 0.25) is 5.96 Å². The third-order valence-electron chi connectivity index (χ3n) is 3.25. The van der Waals surface area contributed by atoms with E-state index in [2.05, 4.69) is 15.2 Å². The van der Waals surface area contributed by atoms with Crippen LogP contribution < -0.4 is 11.5 Å². The first-order chi connectivity index (χ1) is 9.15. The maximum Gasteiger partial charge on any atom is 0.211 e. The van der Waals surface area contributed by atoms with Gasteiger partial charge in [-0.3, -0.25) is 0 Å². The van der Waals surface area contributed by atoms with Gasteiger partial charge in [-0.25, -0.2) is 4.39 Å². The molecule has 5 N–H and O–H groups in total. The van der Waals surface area contributed by atoms with Crippen molar-refractivity contribution in [2.24, 2.45) is 21.7 Å². The summed E-state index contributed by atoms with van der Waals surface area (Å²) in [6, 6.07) is 4.69. The number of fused-ring (bicyclic) bond motifs is 3. The van der Waals surface area contributed by atoms with Crippen molar-refractivity contribution in [1.29, 1.82) is 0 Å². The van der Waals surface area contributed by atoms with Crippen LogP contribution in [0.3, 0.4) is 0 Å². The minimum absolute atomic E-state index is 0.0781. The summed E-state index contributed by atoms with van der Waals surface area (Å²) >= 11 is 0. The Hall–Kier alpha value is -2.37. The number of nitrogens with two attached hydrogens (primary N) is 2. The van der Waals surface area contributed by atoms with Crippen molar-refractivity contribution in [3.8, 4) is 0 Å². The molecule has 1 aliphatic carbocycles. The Kier molecular flexibility index (Phi) is 2.70. The van der Waals surface area contributed by atoms with Crippen LogP contribution in [-0.4, -0.2) is 16.7 Å². The van der Waals surface area contributed by atoms with Gasteiger partial charge in [0.05, 0.1) is 5.71 Å². The second kappa shape index (κ2) is 4.38. The normalized spacial score (nSPS) is 16.6. The number of H-pyrrole nitrogens is 1. The van der Waals surface area contributed by atoms with E-state index in [9.17, 15) is 4.39 Å². The van der Waals surface area contributed by atoms with E-state index >= 15 is 0 Å². The Bertz CT molecular complexity index is 694. The van der Waals surface area contributed by atoms with Crippen molar-refractivity contribution in [1.82, 2.24) is 4.98 Å². The quantitative estimate of drug-likeness (QED) is 0.412. The molecule has 0 unspecified atom stereocenters. The van der Waals surface area contributed by atoms with Gasteiger partial charge in [0.1, 0.15) is 5.82 Å². The highest BCUT2D eigenvalue weighted by atomic mass is 19.1. The lowest BCUT2D eigenvalue weighted by Crippen LogP contribution is -2.22. The third kappa shape index (κ3) is 2.05. The molecule has 0 atom stereocenters. The molecule has 0 radical (unpaired) electrons. The molecular formula is C13H14FN5. The number of guanidine groups is 1. The van der Waals surface area contributed by atoms with Gasteiger partial charge in [-0.15, -0.1) is 5.10 Å². The van der Waals surface area contributed by atoms with E-state index in [1.807, 2.05) is 0 Å². The van der Waals surface area contributed by atoms with Crippen molar-refractivity contribution < 1.29 is 4.39 Å². The number of nitrogens with one attached hydrogen (secondary N) is 1. The van der Waals surface area contributed by atoms with E-state index in [0.717, 1.165) is 47.1 Å². The van der Waals surface area contributed by atoms with Crippen LogP contribution in [0.15, 0.2) is 28.4 Å². The Balaban J connectivity index is 2.22. The number of halogens is 1. The number of aromatic nitrogens is 1. The topological polar surface area (TPSA) is 92.6 Å². The molecule has 0 saturated carbocycles. The summed E-state index contributed by atoms with van der Waals surface area (Å²) in [5.41, 5.74) is 14.3. The van der Waals surface area contributed by atoms with Crippen molar-refractivity contribution in [2.75, 3.05) is 0 Å². The zero-order valence-electron chi connectivity index (χ0n) is 10.3. The van der Waals surface area contributed by atoms with E-state index in [-0.39, 0.29) is 11.8 Å². The van der Waals surface area contributed by atoms with E-state index in [0.29, 0.717) is 0 Å². The first kappa shape index (κ1) is 11.7. The summed E-state index contributed by atoms with van der Waals surface area (Å²) in [5, 5.41) is 8.63. The lowest BCUT2D eigenvalue weighted by molar-refractivity contribution is 0.629. The Morgan fingerprint density at radius 3 is 2.89 bits per heavy atom. The van der Waals surface area contributed by atoms with Crippen molar-refractivity contribution >= 4 is 22.6 Å². The van der Waals surface area contributed by atoms with Gasteiger partial charge in [0.15, 0.2) is 0 Å². The molecule has 0 fully saturated rings. The second-order valence-corrected chi connectivity index (χ2v) is 4.59. The van der Waals surface area contributed by atoms with Crippen molar-refractivity contribution in [3.63, 3.8) is 0 Å². The fourth-order valence-electron chi connectivity index (χ4n) is 2.51. The van der Waals surface area contributed by atoms with Crippen LogP contribution in [0.25, 0.3) is 10.9 Å². The molecule has 1 aromatic carbocycles. The minimum Gasteiger partial charge on any atom is -0.369 e. The Labute approximate surface area is 109 Å². The Morgan fingerprint density at radius 1 is 1.26 bits per heavy atom. The van der Waals surface area contributed by atoms with Crippen LogP contribution in [0.2, 0.25) is 0 Å². The zero-order valence-corrected chi connectivity index (χ0v) is 10.3. The molecule has 0 bridgehead atoms. The molecule has 5 nitrogen and oxygen atoms in total. The maximum atomic E-state index is 13.4. The highest BCUT2D eigenvalue weighted by molar-refractivity contribution is 6.12. The molecule has 19 heavy (non-hydrogen) atoms. The predicted molar refractivity (Wildman–Crippen MR) is 73.5 cm³/mol. The predicted octanol–water partition coefficient (Wildman–Crippen LogP) is 1.62. The molecule has 98 valence electrons. The molecule has 1 aliphatic rings. The Morgan fingerprint density at radius 2 is 2.11 bits per heavy atom. The smallest absolute Gasteiger partial charge is 0.211 e. The largest absolute Gasteiger partial charge is 0.369 e. The first-order valence-corrected chi connectivity index (χ1v) is 6.11. The number of benzene rings is 1. The fourth-order valence-corrected chi connectivity index (χ4v) is 2.51. The average Bonchev–Trinajstić information content (AvgIpc) is 2.74. The zero-order chi connectivity index (χ0) is 13.4. The number of aryl methyl sites for hydroxylation is 1. The van der Waals surface area contributed by atoms with E-state index in [4.69, 9.17) is 11.5 Å². The number of hydrogen-bond acceptors (Lipinski definition) is 2. The second-order valence-electron chi connectivity index (χ2n) is 4.59. The van der Waals surface area contributed by atoms with E-state index in [1.165, 1.54) is 12.1 Å². The molecule has 1 heterocycles. The van der Waals surface area contributed by atoms with Crippen LogP contribution in [0.1, 0.15) is 24.1 Å². The number of aromatic amines is 1. The standard InChI is InChI=1S/C13H14FN5/c14-7-4-5-9-8(6-7)12-10(17-9)2-1-3-11(12)18-19-13(15)16/h4-6,17H,1-3H2,(H4,15,16,19). The summed E-state index contributed by atoms with van der Waals surface area (Å²) in [5.74, 6) is -0.341. The summed E-state index contributed by atoms with van der Waals surface area (Å²) in [4.78, 5) is 3.30. The lowest BCUT2D eigenvalue weighted by Gasteiger charge is -2.13. The van der Waals surface area contributed by atoms with Gasteiger partial charge in [-0.05, 0) is 37.5 Å². The average molecular weight is 259 g/mol. The van der Waals surface area contributed by atoms with E-state index in [1.54, 1.807) is 6.07 Å². The molecule has 0 spiro atoms. The highest BCUT2D eigenvalue weighted by Gasteiger charge is 2.21. The van der Waals surface area contributed by atoms with Gasteiger partial charge in [0, 0.05) is 22.2 Å². The van der Waals surface area contributed by atoms with Crippen LogP contribution in [0.4, 0.5) is 4.39 Å². The molecule has 6 heteroatoms. The van der Waals surface area contributed by atoms with Crippen LogP contribution >= 0.6 is 0 Å². The fraction of sp³-hybridized carbons (Fsp3) is 0.231. The number of rotatable bonds is 1. The van der Waals surface area contributed by atoms with Crippen LogP contribution in [0, 0.1) is 5.82 Å². The van der Waals surface area contributed by atoms with Gasteiger partial charge in [0.25, 0.3) is 0 Å². The summed E-state index contributed by atoms with van der Waals surface area (Å²) in [7, 11) is 0.